The molecule has 1 aliphatic rings. The van der Waals surface area contributed by atoms with Gasteiger partial charge in [0.05, 0.1) is 6.61 Å². The fourth-order valence-electron chi connectivity index (χ4n) is 2.47. The van der Waals surface area contributed by atoms with Crippen LogP contribution in [-0.4, -0.2) is 17.8 Å². The van der Waals surface area contributed by atoms with Gasteiger partial charge in [0, 0.05) is 16.6 Å². The highest BCUT2D eigenvalue weighted by atomic mass is 79.9. The number of benzene rings is 1. The zero-order valence-electron chi connectivity index (χ0n) is 10.4. The fraction of sp³-hybridized carbons (Fsp3) is 0.571. The Morgan fingerprint density at radius 1 is 1.47 bits per heavy atom. The molecule has 1 aromatic carbocycles. The lowest BCUT2D eigenvalue weighted by Gasteiger charge is -2.25. The van der Waals surface area contributed by atoms with Crippen molar-refractivity contribution in [3.63, 3.8) is 0 Å². The van der Waals surface area contributed by atoms with Gasteiger partial charge in [0.2, 0.25) is 0 Å². The van der Waals surface area contributed by atoms with Gasteiger partial charge in [-0.15, -0.1) is 0 Å². The van der Waals surface area contributed by atoms with Gasteiger partial charge in [0.25, 0.3) is 0 Å². The molecule has 17 heavy (non-hydrogen) atoms. The quantitative estimate of drug-likeness (QED) is 0.895. The average Bonchev–Trinajstić information content (AvgIpc) is 2.67. The van der Waals surface area contributed by atoms with E-state index < -0.39 is 0 Å². The van der Waals surface area contributed by atoms with Crippen molar-refractivity contribution in [1.29, 1.82) is 0 Å². The minimum atomic E-state index is 0.189. The first-order valence-electron chi connectivity index (χ1n) is 6.27. The number of hydrogen-bond acceptors (Lipinski definition) is 2. The van der Waals surface area contributed by atoms with Gasteiger partial charge in [-0.05, 0) is 42.0 Å². The third-order valence-corrected chi connectivity index (χ3v) is 4.09. The summed E-state index contributed by atoms with van der Waals surface area (Å²) in [5.74, 6) is 0.458. The third-order valence-electron chi connectivity index (χ3n) is 3.60. The topological polar surface area (TPSA) is 32.3 Å². The molecule has 2 N–H and O–H groups in total. The van der Waals surface area contributed by atoms with Crippen LogP contribution in [0.25, 0.3) is 0 Å². The van der Waals surface area contributed by atoms with E-state index in [1.165, 1.54) is 11.1 Å². The van der Waals surface area contributed by atoms with E-state index in [1.807, 2.05) is 0 Å². The molecular weight excluding hydrogens is 278 g/mol. The summed E-state index contributed by atoms with van der Waals surface area (Å²) in [7, 11) is 0. The van der Waals surface area contributed by atoms with Crippen LogP contribution < -0.4 is 5.32 Å². The maximum atomic E-state index is 9.38. The first-order valence-corrected chi connectivity index (χ1v) is 7.06. The summed E-state index contributed by atoms with van der Waals surface area (Å²) in [4.78, 5) is 0. The van der Waals surface area contributed by atoms with E-state index >= 15 is 0 Å². The van der Waals surface area contributed by atoms with Crippen molar-refractivity contribution in [2.24, 2.45) is 5.92 Å². The molecule has 1 aliphatic carbocycles. The lowest BCUT2D eigenvalue weighted by molar-refractivity contribution is 0.199. The number of aliphatic hydroxyl groups excluding tert-OH is 1. The molecule has 0 amide bonds. The summed E-state index contributed by atoms with van der Waals surface area (Å²) in [6.45, 7) is 4.50. The molecule has 0 saturated carbocycles. The molecule has 0 bridgehead atoms. The molecule has 2 atom stereocenters. The summed E-state index contributed by atoms with van der Waals surface area (Å²) in [5.41, 5.74) is 2.82. The number of hydrogen-bond donors (Lipinski definition) is 2. The molecule has 94 valence electrons. The van der Waals surface area contributed by atoms with Crippen LogP contribution >= 0.6 is 15.9 Å². The molecule has 0 radical (unpaired) electrons. The highest BCUT2D eigenvalue weighted by molar-refractivity contribution is 9.10. The smallest absolute Gasteiger partial charge is 0.0587 e. The van der Waals surface area contributed by atoms with Gasteiger partial charge in [0.15, 0.2) is 0 Å². The number of aliphatic hydroxyl groups is 1. The van der Waals surface area contributed by atoms with Gasteiger partial charge >= 0.3 is 0 Å². The fourth-order valence-corrected chi connectivity index (χ4v) is 2.88. The molecule has 2 nitrogen and oxygen atoms in total. The maximum Gasteiger partial charge on any atom is 0.0587 e. The zero-order valence-corrected chi connectivity index (χ0v) is 12.0. The van der Waals surface area contributed by atoms with Crippen LogP contribution in [0.3, 0.4) is 0 Å². The van der Waals surface area contributed by atoms with Crippen molar-refractivity contribution in [2.45, 2.75) is 38.8 Å². The van der Waals surface area contributed by atoms with E-state index in [-0.39, 0.29) is 12.6 Å². The third kappa shape index (κ3) is 2.90. The van der Waals surface area contributed by atoms with Crippen LogP contribution in [0, 0.1) is 5.92 Å². The summed E-state index contributed by atoms with van der Waals surface area (Å²) in [6.07, 6.45) is 2.26. The van der Waals surface area contributed by atoms with Crippen LogP contribution in [0.2, 0.25) is 0 Å². The van der Waals surface area contributed by atoms with Gasteiger partial charge in [-0.1, -0.05) is 35.8 Å². The lowest BCUT2D eigenvalue weighted by Crippen LogP contribution is -2.38. The Hall–Kier alpha value is -0.380. The van der Waals surface area contributed by atoms with Gasteiger partial charge in [0.1, 0.15) is 0 Å². The minimum Gasteiger partial charge on any atom is -0.395 e. The Morgan fingerprint density at radius 2 is 2.24 bits per heavy atom. The highest BCUT2D eigenvalue weighted by Crippen LogP contribution is 2.33. The van der Waals surface area contributed by atoms with E-state index in [1.54, 1.807) is 0 Å². The number of aryl methyl sites for hydroxylation is 1. The average molecular weight is 298 g/mol. The second-order valence-electron chi connectivity index (χ2n) is 5.13. The molecule has 1 aromatic rings. The number of nitrogens with one attached hydrogen (secondary N) is 1. The standard InChI is InChI=1S/C14H20BrNO/c1-9(2)14(8-17)16-13-6-3-10-7-11(15)4-5-12(10)13/h4-5,7,9,13-14,16-17H,3,6,8H2,1-2H3/t13?,14-/m1/s1. The first kappa shape index (κ1) is 13.1. The highest BCUT2D eigenvalue weighted by Gasteiger charge is 2.25. The maximum absolute atomic E-state index is 9.38. The van der Waals surface area contributed by atoms with Gasteiger partial charge in [-0.3, -0.25) is 0 Å². The van der Waals surface area contributed by atoms with Gasteiger partial charge in [-0.2, -0.15) is 0 Å². The Labute approximate surface area is 112 Å². The lowest BCUT2D eigenvalue weighted by atomic mass is 10.0. The van der Waals surface area contributed by atoms with Crippen molar-refractivity contribution in [3.05, 3.63) is 33.8 Å². The van der Waals surface area contributed by atoms with Gasteiger partial charge in [-0.25, -0.2) is 0 Å². The molecular formula is C14H20BrNO. The number of rotatable bonds is 4. The minimum absolute atomic E-state index is 0.189. The summed E-state index contributed by atoms with van der Waals surface area (Å²) >= 11 is 3.51. The summed E-state index contributed by atoms with van der Waals surface area (Å²) in [5, 5.41) is 13.0. The van der Waals surface area contributed by atoms with Crippen molar-refractivity contribution in [3.8, 4) is 0 Å². The Balaban J connectivity index is 2.11. The molecule has 0 spiro atoms. The zero-order chi connectivity index (χ0) is 12.4. The molecule has 3 heteroatoms. The predicted molar refractivity (Wildman–Crippen MR) is 74.1 cm³/mol. The predicted octanol–water partition coefficient (Wildman–Crippen LogP) is 3.04. The van der Waals surface area contributed by atoms with Crippen LogP contribution in [0.5, 0.6) is 0 Å². The van der Waals surface area contributed by atoms with Crippen LogP contribution in [0.1, 0.15) is 37.4 Å². The van der Waals surface area contributed by atoms with E-state index in [2.05, 4.69) is 53.3 Å². The number of fused-ring (bicyclic) bond motifs is 1. The van der Waals surface area contributed by atoms with E-state index in [9.17, 15) is 5.11 Å². The van der Waals surface area contributed by atoms with Crippen molar-refractivity contribution >= 4 is 15.9 Å². The molecule has 0 aromatic heterocycles. The van der Waals surface area contributed by atoms with E-state index in [4.69, 9.17) is 0 Å². The van der Waals surface area contributed by atoms with E-state index in [0.717, 1.165) is 17.3 Å². The second-order valence-corrected chi connectivity index (χ2v) is 6.05. The van der Waals surface area contributed by atoms with Crippen LogP contribution in [-0.2, 0) is 6.42 Å². The monoisotopic (exact) mass is 297 g/mol. The van der Waals surface area contributed by atoms with Crippen LogP contribution in [0.4, 0.5) is 0 Å². The Bertz CT molecular complexity index is 392. The van der Waals surface area contributed by atoms with Crippen molar-refractivity contribution in [1.82, 2.24) is 5.32 Å². The SMILES string of the molecule is CC(C)[C@@H](CO)NC1CCc2cc(Br)ccc21. The number of halogens is 1. The molecule has 0 saturated heterocycles. The van der Waals surface area contributed by atoms with Gasteiger partial charge < -0.3 is 10.4 Å². The summed E-state index contributed by atoms with van der Waals surface area (Å²) in [6, 6.07) is 7.09. The van der Waals surface area contributed by atoms with Crippen molar-refractivity contribution < 1.29 is 5.11 Å². The molecule has 0 fully saturated rings. The largest absolute Gasteiger partial charge is 0.395 e. The van der Waals surface area contributed by atoms with E-state index in [0.29, 0.717) is 12.0 Å². The molecule has 0 aliphatic heterocycles. The molecule has 2 rings (SSSR count). The Morgan fingerprint density at radius 3 is 2.88 bits per heavy atom. The normalized spacial score (nSPS) is 20.6. The summed E-state index contributed by atoms with van der Waals surface area (Å²) < 4.78 is 1.15. The molecule has 1 unspecified atom stereocenters. The second kappa shape index (κ2) is 5.51. The van der Waals surface area contributed by atoms with Crippen molar-refractivity contribution in [2.75, 3.05) is 6.61 Å². The first-order chi connectivity index (χ1) is 8.11. The molecule has 0 heterocycles. The Kier molecular flexibility index (Phi) is 4.23. The van der Waals surface area contributed by atoms with Crippen LogP contribution in [0.15, 0.2) is 22.7 Å².